The van der Waals surface area contributed by atoms with Crippen LogP contribution in [0.4, 0.5) is 4.39 Å². The molecular formula is C18H26FNO2. The van der Waals surface area contributed by atoms with Gasteiger partial charge in [0, 0.05) is 24.9 Å². The van der Waals surface area contributed by atoms with E-state index in [2.05, 4.69) is 19.2 Å². The lowest BCUT2D eigenvalue weighted by Crippen LogP contribution is -2.29. The first kappa shape index (κ1) is 18.3. The van der Waals surface area contributed by atoms with Gasteiger partial charge < -0.3 is 5.32 Å². The van der Waals surface area contributed by atoms with Gasteiger partial charge in [-0.1, -0.05) is 33.1 Å². The summed E-state index contributed by atoms with van der Waals surface area (Å²) in [4.78, 5) is 23.7. The summed E-state index contributed by atoms with van der Waals surface area (Å²) in [5, 5.41) is 2.91. The van der Waals surface area contributed by atoms with Crippen molar-refractivity contribution in [2.45, 2.75) is 52.4 Å². The Morgan fingerprint density at radius 1 is 1.14 bits per heavy atom. The zero-order valence-corrected chi connectivity index (χ0v) is 13.5. The molecule has 0 saturated heterocycles. The van der Waals surface area contributed by atoms with Gasteiger partial charge >= 0.3 is 0 Å². The highest BCUT2D eigenvalue weighted by Crippen LogP contribution is 2.11. The molecule has 0 spiro atoms. The van der Waals surface area contributed by atoms with E-state index in [9.17, 15) is 14.0 Å². The van der Waals surface area contributed by atoms with E-state index in [1.54, 1.807) is 0 Å². The minimum absolute atomic E-state index is 0.0922. The normalized spacial score (nSPS) is 12.0. The van der Waals surface area contributed by atoms with Crippen molar-refractivity contribution in [2.24, 2.45) is 5.92 Å². The predicted molar refractivity (Wildman–Crippen MR) is 86.3 cm³/mol. The quantitative estimate of drug-likeness (QED) is 0.661. The van der Waals surface area contributed by atoms with Crippen LogP contribution in [0.25, 0.3) is 0 Å². The largest absolute Gasteiger partial charge is 0.356 e. The third-order valence-electron chi connectivity index (χ3n) is 3.88. The van der Waals surface area contributed by atoms with Gasteiger partial charge in [-0.3, -0.25) is 9.59 Å². The van der Waals surface area contributed by atoms with Crippen LogP contribution in [-0.4, -0.2) is 18.2 Å². The number of unbranched alkanes of at least 4 members (excludes halogenated alkanes) is 1. The van der Waals surface area contributed by atoms with E-state index >= 15 is 0 Å². The summed E-state index contributed by atoms with van der Waals surface area (Å²) in [6, 6.07) is 5.42. The highest BCUT2D eigenvalue weighted by atomic mass is 19.1. The maximum atomic E-state index is 12.8. The molecule has 0 aliphatic rings. The van der Waals surface area contributed by atoms with Crippen molar-refractivity contribution < 1.29 is 14.0 Å². The van der Waals surface area contributed by atoms with E-state index in [0.717, 1.165) is 19.3 Å². The average Bonchev–Trinajstić information content (AvgIpc) is 2.53. The summed E-state index contributed by atoms with van der Waals surface area (Å²) in [7, 11) is 0. The van der Waals surface area contributed by atoms with Crippen molar-refractivity contribution in [3.63, 3.8) is 0 Å². The number of hydrogen-bond acceptors (Lipinski definition) is 2. The van der Waals surface area contributed by atoms with Crippen LogP contribution in [0, 0.1) is 11.7 Å². The molecule has 22 heavy (non-hydrogen) atoms. The fourth-order valence-electron chi connectivity index (χ4n) is 2.30. The fourth-order valence-corrected chi connectivity index (χ4v) is 2.30. The summed E-state index contributed by atoms with van der Waals surface area (Å²) in [5.41, 5.74) is 0.448. The van der Waals surface area contributed by atoms with Crippen molar-refractivity contribution in [1.82, 2.24) is 5.32 Å². The molecule has 0 unspecified atom stereocenters. The highest BCUT2D eigenvalue weighted by Gasteiger charge is 2.11. The monoisotopic (exact) mass is 307 g/mol. The van der Waals surface area contributed by atoms with Gasteiger partial charge in [-0.15, -0.1) is 0 Å². The van der Waals surface area contributed by atoms with Crippen molar-refractivity contribution in [1.29, 1.82) is 0 Å². The minimum Gasteiger partial charge on any atom is -0.356 e. The molecule has 1 aromatic rings. The molecule has 3 nitrogen and oxygen atoms in total. The number of benzene rings is 1. The lowest BCUT2D eigenvalue weighted by Gasteiger charge is -2.15. The molecule has 1 amide bonds. The molecule has 0 bridgehead atoms. The van der Waals surface area contributed by atoms with Crippen molar-refractivity contribution in [3.8, 4) is 0 Å². The number of rotatable bonds is 10. The Balaban J connectivity index is 2.30. The molecule has 0 aliphatic heterocycles. The van der Waals surface area contributed by atoms with Crippen LogP contribution in [0.1, 0.15) is 62.7 Å². The maximum Gasteiger partial charge on any atom is 0.220 e. The first-order chi connectivity index (χ1) is 10.6. The predicted octanol–water partition coefficient (Wildman–Crippen LogP) is 4.12. The summed E-state index contributed by atoms with van der Waals surface area (Å²) < 4.78 is 12.8. The smallest absolute Gasteiger partial charge is 0.220 e. The van der Waals surface area contributed by atoms with E-state index in [4.69, 9.17) is 0 Å². The summed E-state index contributed by atoms with van der Waals surface area (Å²) in [5.74, 6) is -0.0812. The lowest BCUT2D eigenvalue weighted by molar-refractivity contribution is -0.121. The third kappa shape index (κ3) is 6.83. The number of nitrogens with one attached hydrogen (secondary N) is 1. The van der Waals surface area contributed by atoms with Gasteiger partial charge in [0.1, 0.15) is 5.82 Å². The van der Waals surface area contributed by atoms with E-state index < -0.39 is 0 Å². The topological polar surface area (TPSA) is 46.2 Å². The van der Waals surface area contributed by atoms with Gasteiger partial charge in [0.05, 0.1) is 0 Å². The van der Waals surface area contributed by atoms with Crippen LogP contribution < -0.4 is 5.32 Å². The lowest BCUT2D eigenvalue weighted by atomic mass is 9.99. The van der Waals surface area contributed by atoms with Crippen molar-refractivity contribution >= 4 is 11.7 Å². The van der Waals surface area contributed by atoms with Gasteiger partial charge in [-0.2, -0.15) is 0 Å². The van der Waals surface area contributed by atoms with E-state index in [0.29, 0.717) is 18.0 Å². The molecule has 1 rings (SSSR count). The zero-order valence-electron chi connectivity index (χ0n) is 13.5. The molecule has 1 aromatic carbocycles. The van der Waals surface area contributed by atoms with E-state index in [1.807, 2.05) is 0 Å². The minimum atomic E-state index is -0.369. The summed E-state index contributed by atoms with van der Waals surface area (Å²) in [6.45, 7) is 4.97. The zero-order chi connectivity index (χ0) is 16.4. The summed E-state index contributed by atoms with van der Waals surface area (Å²) >= 11 is 0. The molecule has 122 valence electrons. The third-order valence-corrected chi connectivity index (χ3v) is 3.88. The first-order valence-electron chi connectivity index (χ1n) is 8.12. The SMILES string of the molecule is CCCC[C@H](CC)CNC(=O)CCC(=O)c1ccc(F)cc1. The van der Waals surface area contributed by atoms with E-state index in [1.165, 1.54) is 30.7 Å². The van der Waals surface area contributed by atoms with Crippen molar-refractivity contribution in [2.75, 3.05) is 6.54 Å². The van der Waals surface area contributed by atoms with Gasteiger partial charge in [0.15, 0.2) is 5.78 Å². The molecule has 0 heterocycles. The molecule has 1 N–H and O–H groups in total. The number of carbonyl (C=O) groups excluding carboxylic acids is 2. The Hall–Kier alpha value is -1.71. The van der Waals surface area contributed by atoms with E-state index in [-0.39, 0.29) is 30.3 Å². The van der Waals surface area contributed by atoms with Crippen LogP contribution in [0.15, 0.2) is 24.3 Å². The Kier molecular flexibility index (Phi) is 8.41. The number of ketones is 1. The molecule has 0 radical (unpaired) electrons. The number of halogens is 1. The van der Waals surface area contributed by atoms with Crippen LogP contribution >= 0.6 is 0 Å². The van der Waals surface area contributed by atoms with Gasteiger partial charge in [0.25, 0.3) is 0 Å². The van der Waals surface area contributed by atoms with Crippen LogP contribution in [0.3, 0.4) is 0 Å². The molecule has 0 saturated carbocycles. The summed E-state index contributed by atoms with van der Waals surface area (Å²) in [6.07, 6.45) is 4.86. The van der Waals surface area contributed by atoms with Gasteiger partial charge in [-0.05, 0) is 36.6 Å². The molecule has 0 fully saturated rings. The first-order valence-corrected chi connectivity index (χ1v) is 8.12. The van der Waals surface area contributed by atoms with Crippen molar-refractivity contribution in [3.05, 3.63) is 35.6 Å². The maximum absolute atomic E-state index is 12.8. The Bertz CT molecular complexity index is 470. The molecule has 0 aliphatic carbocycles. The molecule has 1 atom stereocenters. The van der Waals surface area contributed by atoms with Crippen LogP contribution in [-0.2, 0) is 4.79 Å². The average molecular weight is 307 g/mol. The second-order valence-electron chi connectivity index (χ2n) is 5.65. The second kappa shape index (κ2) is 10.1. The number of hydrogen-bond donors (Lipinski definition) is 1. The van der Waals surface area contributed by atoms with Crippen LogP contribution in [0.5, 0.6) is 0 Å². The van der Waals surface area contributed by atoms with Gasteiger partial charge in [0.2, 0.25) is 5.91 Å². The van der Waals surface area contributed by atoms with Crippen LogP contribution in [0.2, 0.25) is 0 Å². The second-order valence-corrected chi connectivity index (χ2v) is 5.65. The molecular weight excluding hydrogens is 281 g/mol. The Morgan fingerprint density at radius 2 is 1.82 bits per heavy atom. The standard InChI is InChI=1S/C18H26FNO2/c1-3-5-6-14(4-2)13-20-18(22)12-11-17(21)15-7-9-16(19)10-8-15/h7-10,14H,3-6,11-13H2,1-2H3,(H,20,22)/t14-/m0/s1. The molecule has 4 heteroatoms. The highest BCUT2D eigenvalue weighted by molar-refractivity contribution is 5.97. The fraction of sp³-hybridized carbons (Fsp3) is 0.556. The number of amides is 1. The molecule has 0 aromatic heterocycles. The Morgan fingerprint density at radius 3 is 2.41 bits per heavy atom. The Labute approximate surface area is 132 Å². The number of carbonyl (C=O) groups is 2. The van der Waals surface area contributed by atoms with Gasteiger partial charge in [-0.25, -0.2) is 4.39 Å². The number of Topliss-reactive ketones (excluding diaryl/α,β-unsaturated/α-hetero) is 1.